The molecule has 108 valence electrons. The van der Waals surface area contributed by atoms with Gasteiger partial charge in [-0.15, -0.1) is 0 Å². The van der Waals surface area contributed by atoms with E-state index in [2.05, 4.69) is 43.9 Å². The first-order valence-corrected chi connectivity index (χ1v) is 7.36. The van der Waals surface area contributed by atoms with Crippen LogP contribution in [0.1, 0.15) is 27.2 Å². The van der Waals surface area contributed by atoms with Crippen LogP contribution in [-0.4, -0.2) is 50.5 Å². The van der Waals surface area contributed by atoms with Gasteiger partial charge in [0.2, 0.25) is 0 Å². The van der Waals surface area contributed by atoms with E-state index in [4.69, 9.17) is 9.47 Å². The number of rotatable bonds is 4. The first kappa shape index (κ1) is 14.8. The van der Waals surface area contributed by atoms with Gasteiger partial charge in [0.1, 0.15) is 0 Å². The lowest BCUT2D eigenvalue weighted by molar-refractivity contribution is 0.0116. The third-order valence-electron chi connectivity index (χ3n) is 3.77. The quantitative estimate of drug-likeness (QED) is 0.780. The van der Waals surface area contributed by atoms with Gasteiger partial charge in [-0.3, -0.25) is 4.90 Å². The molecule has 0 radical (unpaired) electrons. The fraction of sp³-hybridized carbons (Fsp3) is 0.750. The lowest BCUT2D eigenvalue weighted by Crippen LogP contribution is -2.38. The normalized spacial score (nSPS) is 25.4. The highest BCUT2D eigenvalue weighted by Gasteiger charge is 2.18. The van der Waals surface area contributed by atoms with Crippen molar-refractivity contribution in [2.45, 2.75) is 33.3 Å². The number of nitrogens with zero attached hydrogens (tertiary/aromatic N) is 1. The van der Waals surface area contributed by atoms with Crippen LogP contribution in [-0.2, 0) is 9.47 Å². The predicted octanol–water partition coefficient (Wildman–Crippen LogP) is 2.64. The zero-order chi connectivity index (χ0) is 13.7. The summed E-state index contributed by atoms with van der Waals surface area (Å²) >= 11 is 0. The van der Waals surface area contributed by atoms with E-state index < -0.39 is 0 Å². The second-order valence-electron chi connectivity index (χ2n) is 6.37. The molecule has 0 spiro atoms. The van der Waals surface area contributed by atoms with E-state index in [1.165, 1.54) is 5.57 Å². The molecule has 0 aromatic rings. The van der Waals surface area contributed by atoms with Crippen LogP contribution in [0.3, 0.4) is 0 Å². The number of ether oxygens (including phenoxy) is 2. The monoisotopic (exact) mass is 265 g/mol. The first-order valence-electron chi connectivity index (χ1n) is 7.36. The van der Waals surface area contributed by atoms with Crippen molar-refractivity contribution in [3.63, 3.8) is 0 Å². The summed E-state index contributed by atoms with van der Waals surface area (Å²) in [6.45, 7) is 12.4. The van der Waals surface area contributed by atoms with Crippen molar-refractivity contribution in [1.82, 2.24) is 4.90 Å². The second kappa shape index (κ2) is 6.69. The van der Waals surface area contributed by atoms with Crippen molar-refractivity contribution < 1.29 is 9.47 Å². The SMILES string of the molecule is CC(C)(C)C1=CCC(OCCN2CCOCC2)C=C1. The van der Waals surface area contributed by atoms with E-state index in [0.717, 1.165) is 45.9 Å². The molecule has 1 atom stereocenters. The van der Waals surface area contributed by atoms with Gasteiger partial charge in [0.05, 0.1) is 25.9 Å². The summed E-state index contributed by atoms with van der Waals surface area (Å²) in [6.07, 6.45) is 8.01. The van der Waals surface area contributed by atoms with Gasteiger partial charge in [0, 0.05) is 19.6 Å². The highest BCUT2D eigenvalue weighted by Crippen LogP contribution is 2.29. The van der Waals surface area contributed by atoms with Gasteiger partial charge in [-0.1, -0.05) is 39.0 Å². The van der Waals surface area contributed by atoms with Crippen LogP contribution >= 0.6 is 0 Å². The second-order valence-corrected chi connectivity index (χ2v) is 6.37. The Bertz CT molecular complexity index is 335. The third-order valence-corrected chi connectivity index (χ3v) is 3.77. The molecule has 2 rings (SSSR count). The Balaban J connectivity index is 1.66. The van der Waals surface area contributed by atoms with Crippen LogP contribution in [0.4, 0.5) is 0 Å². The summed E-state index contributed by atoms with van der Waals surface area (Å²) in [5, 5.41) is 0. The fourth-order valence-electron chi connectivity index (χ4n) is 2.44. The third kappa shape index (κ3) is 4.75. The van der Waals surface area contributed by atoms with E-state index in [-0.39, 0.29) is 11.5 Å². The van der Waals surface area contributed by atoms with Crippen LogP contribution in [0.15, 0.2) is 23.8 Å². The van der Waals surface area contributed by atoms with Gasteiger partial charge in [-0.2, -0.15) is 0 Å². The number of morpholine rings is 1. The Morgan fingerprint density at radius 1 is 1.32 bits per heavy atom. The van der Waals surface area contributed by atoms with E-state index in [1.54, 1.807) is 0 Å². The molecule has 0 N–H and O–H groups in total. The zero-order valence-corrected chi connectivity index (χ0v) is 12.5. The van der Waals surface area contributed by atoms with Crippen molar-refractivity contribution in [2.75, 3.05) is 39.5 Å². The van der Waals surface area contributed by atoms with Crippen LogP contribution in [0.2, 0.25) is 0 Å². The molecule has 3 heteroatoms. The molecule has 0 saturated carbocycles. The van der Waals surface area contributed by atoms with Gasteiger partial charge >= 0.3 is 0 Å². The maximum absolute atomic E-state index is 5.93. The van der Waals surface area contributed by atoms with E-state index in [1.807, 2.05) is 0 Å². The fourth-order valence-corrected chi connectivity index (χ4v) is 2.44. The Morgan fingerprint density at radius 2 is 2.05 bits per heavy atom. The minimum absolute atomic E-state index is 0.245. The molecule has 0 bridgehead atoms. The lowest BCUT2D eigenvalue weighted by atomic mass is 9.83. The Kier molecular flexibility index (Phi) is 5.20. The standard InChI is InChI=1S/C16H27NO2/c1-16(2,3)14-4-6-15(7-5-14)19-13-10-17-8-11-18-12-9-17/h4-6,15H,7-13H2,1-3H3. The highest BCUT2D eigenvalue weighted by atomic mass is 16.5. The van der Waals surface area contributed by atoms with E-state index >= 15 is 0 Å². The smallest absolute Gasteiger partial charge is 0.0794 e. The van der Waals surface area contributed by atoms with Crippen LogP contribution in [0.5, 0.6) is 0 Å². The van der Waals surface area contributed by atoms with Crippen molar-refractivity contribution in [3.8, 4) is 0 Å². The molecule has 1 aliphatic heterocycles. The van der Waals surface area contributed by atoms with Crippen LogP contribution < -0.4 is 0 Å². The molecule has 0 aromatic heterocycles. The molecular weight excluding hydrogens is 238 g/mol. The largest absolute Gasteiger partial charge is 0.379 e. The Morgan fingerprint density at radius 3 is 2.63 bits per heavy atom. The van der Waals surface area contributed by atoms with Gasteiger partial charge in [-0.25, -0.2) is 0 Å². The number of hydrogen-bond acceptors (Lipinski definition) is 3. The molecule has 1 aliphatic carbocycles. The summed E-state index contributed by atoms with van der Waals surface area (Å²) in [5.41, 5.74) is 1.66. The first-order chi connectivity index (χ1) is 9.05. The minimum Gasteiger partial charge on any atom is -0.379 e. The maximum Gasteiger partial charge on any atom is 0.0794 e. The number of hydrogen-bond donors (Lipinski definition) is 0. The summed E-state index contributed by atoms with van der Waals surface area (Å²) in [4.78, 5) is 2.41. The van der Waals surface area contributed by atoms with Crippen molar-refractivity contribution in [3.05, 3.63) is 23.8 Å². The summed E-state index contributed by atoms with van der Waals surface area (Å²) < 4.78 is 11.3. The average Bonchev–Trinajstić information content (AvgIpc) is 2.39. The van der Waals surface area contributed by atoms with Gasteiger partial charge in [-0.05, 0) is 17.4 Å². The average molecular weight is 265 g/mol. The molecule has 1 fully saturated rings. The summed E-state index contributed by atoms with van der Waals surface area (Å²) in [5.74, 6) is 0. The van der Waals surface area contributed by atoms with E-state index in [9.17, 15) is 0 Å². The molecular formula is C16H27NO2. The molecule has 0 aromatic carbocycles. The molecule has 19 heavy (non-hydrogen) atoms. The summed E-state index contributed by atoms with van der Waals surface area (Å²) in [7, 11) is 0. The topological polar surface area (TPSA) is 21.7 Å². The van der Waals surface area contributed by atoms with Crippen molar-refractivity contribution in [1.29, 1.82) is 0 Å². The zero-order valence-electron chi connectivity index (χ0n) is 12.5. The molecule has 1 heterocycles. The Hall–Kier alpha value is -0.640. The van der Waals surface area contributed by atoms with Crippen molar-refractivity contribution >= 4 is 0 Å². The van der Waals surface area contributed by atoms with Gasteiger partial charge in [0.15, 0.2) is 0 Å². The van der Waals surface area contributed by atoms with Crippen molar-refractivity contribution in [2.24, 2.45) is 5.41 Å². The van der Waals surface area contributed by atoms with Crippen LogP contribution in [0.25, 0.3) is 0 Å². The summed E-state index contributed by atoms with van der Waals surface area (Å²) in [6, 6.07) is 0. The molecule has 0 amide bonds. The molecule has 1 unspecified atom stereocenters. The van der Waals surface area contributed by atoms with Gasteiger partial charge < -0.3 is 9.47 Å². The predicted molar refractivity (Wildman–Crippen MR) is 78.3 cm³/mol. The molecule has 2 aliphatic rings. The molecule has 1 saturated heterocycles. The van der Waals surface area contributed by atoms with Gasteiger partial charge in [0.25, 0.3) is 0 Å². The lowest BCUT2D eigenvalue weighted by Gasteiger charge is -2.28. The molecule has 3 nitrogen and oxygen atoms in total. The highest BCUT2D eigenvalue weighted by molar-refractivity contribution is 5.29. The Labute approximate surface area is 117 Å². The minimum atomic E-state index is 0.245. The van der Waals surface area contributed by atoms with E-state index in [0.29, 0.717) is 0 Å². The van der Waals surface area contributed by atoms with Crippen LogP contribution in [0, 0.1) is 5.41 Å². The maximum atomic E-state index is 5.93. The number of allylic oxidation sites excluding steroid dienone is 2.